The number of benzene rings is 1. The van der Waals surface area contributed by atoms with Crippen LogP contribution in [0.2, 0.25) is 0 Å². The molecular weight excluding hydrogens is 307 g/mol. The van der Waals surface area contributed by atoms with E-state index in [2.05, 4.69) is 9.80 Å². The molecule has 4 nitrogen and oxygen atoms in total. The van der Waals surface area contributed by atoms with E-state index >= 15 is 0 Å². The first-order valence-electron chi connectivity index (χ1n) is 9.08. The van der Waals surface area contributed by atoms with E-state index in [-0.39, 0.29) is 11.7 Å². The van der Waals surface area contributed by atoms with Crippen LogP contribution in [-0.4, -0.2) is 48.2 Å². The lowest BCUT2D eigenvalue weighted by Crippen LogP contribution is -2.48. The molecule has 24 heavy (non-hydrogen) atoms. The summed E-state index contributed by atoms with van der Waals surface area (Å²) in [5, 5.41) is 9.10. The van der Waals surface area contributed by atoms with Crippen LogP contribution >= 0.6 is 0 Å². The number of piperidine rings is 2. The molecule has 0 atom stereocenters. The Morgan fingerprint density at radius 3 is 2.38 bits per heavy atom. The number of carbonyl (C=O) groups is 1. The van der Waals surface area contributed by atoms with Crippen LogP contribution in [0.25, 0.3) is 0 Å². The predicted molar refractivity (Wildman–Crippen MR) is 92.9 cm³/mol. The van der Waals surface area contributed by atoms with Gasteiger partial charge in [-0.2, -0.15) is 0 Å². The lowest BCUT2D eigenvalue weighted by atomic mass is 9.93. The van der Waals surface area contributed by atoms with Crippen molar-refractivity contribution in [3.05, 3.63) is 29.6 Å². The highest BCUT2D eigenvalue weighted by Crippen LogP contribution is 2.28. The number of hydrogen-bond acceptors (Lipinski definition) is 3. The van der Waals surface area contributed by atoms with Gasteiger partial charge in [-0.25, -0.2) is 4.39 Å². The van der Waals surface area contributed by atoms with Crippen LogP contribution in [0.3, 0.4) is 0 Å². The van der Waals surface area contributed by atoms with Gasteiger partial charge in [-0.05, 0) is 62.9 Å². The molecule has 2 saturated heterocycles. The summed E-state index contributed by atoms with van der Waals surface area (Å²) in [5.74, 6) is -0.946. The first kappa shape index (κ1) is 17.2. The molecule has 132 valence electrons. The van der Waals surface area contributed by atoms with Gasteiger partial charge in [0.2, 0.25) is 0 Å². The van der Waals surface area contributed by atoms with Gasteiger partial charge in [0.05, 0.1) is 11.6 Å². The average Bonchev–Trinajstić information content (AvgIpc) is 2.62. The van der Waals surface area contributed by atoms with E-state index in [0.29, 0.717) is 6.04 Å². The van der Waals surface area contributed by atoms with Crippen LogP contribution < -0.4 is 4.90 Å². The predicted octanol–water partition coefficient (Wildman–Crippen LogP) is 3.15. The topological polar surface area (TPSA) is 43.8 Å². The van der Waals surface area contributed by atoms with Crippen molar-refractivity contribution in [3.63, 3.8) is 0 Å². The molecule has 5 heteroatoms. The summed E-state index contributed by atoms with van der Waals surface area (Å²) < 4.78 is 14.3. The Morgan fingerprint density at radius 1 is 1.17 bits per heavy atom. The molecular formula is C19H27FN2O2. The minimum absolute atomic E-state index is 0.116. The summed E-state index contributed by atoms with van der Waals surface area (Å²) in [7, 11) is 0. The Morgan fingerprint density at radius 2 is 1.83 bits per heavy atom. The van der Waals surface area contributed by atoms with E-state index in [4.69, 9.17) is 5.11 Å². The number of anilines is 1. The second-order valence-electron chi connectivity index (χ2n) is 7.01. The zero-order valence-corrected chi connectivity index (χ0v) is 14.4. The molecule has 2 heterocycles. The largest absolute Gasteiger partial charge is 0.481 e. The Bertz CT molecular complexity index is 577. The highest BCUT2D eigenvalue weighted by molar-refractivity contribution is 5.70. The number of aryl methyl sites for hydroxylation is 1. The molecule has 2 fully saturated rings. The average molecular weight is 334 g/mol. The quantitative estimate of drug-likeness (QED) is 0.919. The van der Waals surface area contributed by atoms with Crippen molar-refractivity contribution in [3.8, 4) is 0 Å². The van der Waals surface area contributed by atoms with Crippen molar-refractivity contribution in [2.24, 2.45) is 5.92 Å². The van der Waals surface area contributed by atoms with Crippen molar-refractivity contribution in [1.29, 1.82) is 0 Å². The number of carboxylic acids is 1. The minimum Gasteiger partial charge on any atom is -0.481 e. The van der Waals surface area contributed by atoms with Gasteiger partial charge in [0.15, 0.2) is 0 Å². The molecule has 1 aromatic rings. The first-order chi connectivity index (χ1) is 11.6. The highest BCUT2D eigenvalue weighted by Gasteiger charge is 2.30. The van der Waals surface area contributed by atoms with E-state index in [9.17, 15) is 9.18 Å². The van der Waals surface area contributed by atoms with Crippen molar-refractivity contribution < 1.29 is 14.3 Å². The summed E-state index contributed by atoms with van der Waals surface area (Å²) in [4.78, 5) is 15.6. The lowest BCUT2D eigenvalue weighted by Gasteiger charge is -2.42. The van der Waals surface area contributed by atoms with Crippen LogP contribution in [0.4, 0.5) is 10.1 Å². The molecule has 3 rings (SSSR count). The number of halogens is 1. The number of nitrogens with zero attached hydrogens (tertiary/aromatic N) is 2. The normalized spacial score (nSPS) is 21.2. The highest BCUT2D eigenvalue weighted by atomic mass is 19.1. The maximum atomic E-state index is 14.3. The number of likely N-dealkylation sites (tertiary alicyclic amines) is 1. The minimum atomic E-state index is -0.657. The summed E-state index contributed by atoms with van der Waals surface area (Å²) >= 11 is 0. The van der Waals surface area contributed by atoms with Crippen molar-refractivity contribution in [1.82, 2.24) is 4.90 Å². The summed E-state index contributed by atoms with van der Waals surface area (Å²) in [6, 6.07) is 6.08. The molecule has 0 spiro atoms. The Balaban J connectivity index is 1.54. The number of carboxylic acid groups (broad SMARTS) is 1. The number of hydrogen-bond donors (Lipinski definition) is 1. The van der Waals surface area contributed by atoms with Gasteiger partial charge < -0.3 is 14.9 Å². The third kappa shape index (κ3) is 3.72. The van der Waals surface area contributed by atoms with Crippen LogP contribution in [0.1, 0.15) is 38.2 Å². The smallest absolute Gasteiger partial charge is 0.306 e. The van der Waals surface area contributed by atoms with E-state index in [1.165, 1.54) is 0 Å². The maximum Gasteiger partial charge on any atom is 0.306 e. The van der Waals surface area contributed by atoms with Crippen molar-refractivity contribution in [2.75, 3.05) is 31.1 Å². The Hall–Kier alpha value is -1.62. The zero-order valence-electron chi connectivity index (χ0n) is 14.4. The Labute approximate surface area is 143 Å². The molecule has 0 radical (unpaired) electrons. The molecule has 0 saturated carbocycles. The summed E-state index contributed by atoms with van der Waals surface area (Å²) in [6.45, 7) is 5.52. The Kier molecular flexibility index (Phi) is 5.39. The van der Waals surface area contributed by atoms with Crippen LogP contribution in [0.15, 0.2) is 18.2 Å². The van der Waals surface area contributed by atoms with Gasteiger partial charge in [-0.15, -0.1) is 0 Å². The molecule has 0 bridgehead atoms. The molecule has 1 aromatic carbocycles. The van der Waals surface area contributed by atoms with Gasteiger partial charge in [-0.3, -0.25) is 4.79 Å². The first-order valence-corrected chi connectivity index (χ1v) is 9.08. The third-order valence-electron chi connectivity index (χ3n) is 5.62. The van der Waals surface area contributed by atoms with Gasteiger partial charge in [0, 0.05) is 19.1 Å². The molecule has 0 unspecified atom stereocenters. The van der Waals surface area contributed by atoms with Gasteiger partial charge in [0.1, 0.15) is 5.82 Å². The molecule has 0 aliphatic carbocycles. The fourth-order valence-corrected chi connectivity index (χ4v) is 4.01. The summed E-state index contributed by atoms with van der Waals surface area (Å²) in [5.41, 5.74) is 1.75. The SMILES string of the molecule is CCc1ccc(N2CCC(N3CCC(C(=O)O)CC3)CC2)c(F)c1. The summed E-state index contributed by atoms with van der Waals surface area (Å²) in [6.07, 6.45) is 4.40. The van der Waals surface area contributed by atoms with Crippen molar-refractivity contribution in [2.45, 2.75) is 45.1 Å². The molecule has 2 aliphatic rings. The van der Waals surface area contributed by atoms with Crippen molar-refractivity contribution >= 4 is 11.7 Å². The monoisotopic (exact) mass is 334 g/mol. The third-order valence-corrected chi connectivity index (χ3v) is 5.62. The van der Waals surface area contributed by atoms with Crippen LogP contribution in [-0.2, 0) is 11.2 Å². The fraction of sp³-hybridized carbons (Fsp3) is 0.632. The molecule has 2 aliphatic heterocycles. The van der Waals surface area contributed by atoms with E-state index in [1.54, 1.807) is 6.07 Å². The zero-order chi connectivity index (χ0) is 17.1. The fourth-order valence-electron chi connectivity index (χ4n) is 4.01. The van der Waals surface area contributed by atoms with E-state index in [0.717, 1.165) is 69.5 Å². The van der Waals surface area contributed by atoms with E-state index in [1.807, 2.05) is 19.1 Å². The lowest BCUT2D eigenvalue weighted by molar-refractivity contribution is -0.143. The molecule has 1 N–H and O–H groups in total. The molecule has 0 amide bonds. The number of aliphatic carboxylic acids is 1. The van der Waals surface area contributed by atoms with Crippen LogP contribution in [0, 0.1) is 11.7 Å². The number of rotatable bonds is 4. The van der Waals surface area contributed by atoms with Gasteiger partial charge in [0.25, 0.3) is 0 Å². The van der Waals surface area contributed by atoms with Gasteiger partial charge >= 0.3 is 5.97 Å². The second-order valence-corrected chi connectivity index (χ2v) is 7.01. The van der Waals surface area contributed by atoms with E-state index < -0.39 is 5.97 Å². The van der Waals surface area contributed by atoms with Crippen LogP contribution in [0.5, 0.6) is 0 Å². The molecule has 0 aromatic heterocycles. The second kappa shape index (κ2) is 7.51. The maximum absolute atomic E-state index is 14.3. The standard InChI is InChI=1S/C19H27FN2O2/c1-2-14-3-4-18(17(20)13-14)22-11-7-16(8-12-22)21-9-5-15(6-10-21)19(23)24/h3-4,13,15-16H,2,5-12H2,1H3,(H,23,24). The van der Waals surface area contributed by atoms with Gasteiger partial charge in [-0.1, -0.05) is 13.0 Å².